The first kappa shape index (κ1) is 17.2. The molecule has 1 fully saturated rings. The maximum Gasteiger partial charge on any atom is 0.416 e. The van der Waals surface area contributed by atoms with Crippen LogP contribution in [0.4, 0.5) is 17.6 Å². The number of aliphatic carboxylic acids is 1. The van der Waals surface area contributed by atoms with Crippen LogP contribution in [0.15, 0.2) is 24.3 Å². The van der Waals surface area contributed by atoms with Gasteiger partial charge in [-0.1, -0.05) is 25.0 Å². The van der Waals surface area contributed by atoms with Crippen LogP contribution in [0.2, 0.25) is 0 Å². The standard InChI is InChI=1S/C15H15F4NO3/c16-12(9-3-5-10(6-4-9)15(17,18)19)13(21)20-11(14(22)23)7-8-1-2-8/h3-6,8,11-12H,1-2,7H2,(H,20,21)(H,22,23). The summed E-state index contributed by atoms with van der Waals surface area (Å²) >= 11 is 0. The van der Waals surface area contributed by atoms with Gasteiger partial charge in [-0.2, -0.15) is 13.2 Å². The van der Waals surface area contributed by atoms with Crippen molar-refractivity contribution >= 4 is 11.9 Å². The van der Waals surface area contributed by atoms with Crippen molar-refractivity contribution < 1.29 is 32.3 Å². The maximum atomic E-state index is 14.0. The molecule has 8 heteroatoms. The van der Waals surface area contributed by atoms with Crippen molar-refractivity contribution in [3.8, 4) is 0 Å². The van der Waals surface area contributed by atoms with Crippen molar-refractivity contribution in [2.75, 3.05) is 0 Å². The molecule has 0 spiro atoms. The maximum absolute atomic E-state index is 14.0. The Kier molecular flexibility index (Phi) is 4.91. The quantitative estimate of drug-likeness (QED) is 0.786. The summed E-state index contributed by atoms with van der Waals surface area (Å²) in [5, 5.41) is 11.1. The molecular weight excluding hydrogens is 318 g/mol. The molecule has 0 aromatic heterocycles. The second kappa shape index (κ2) is 6.55. The Bertz CT molecular complexity index is 581. The third-order valence-electron chi connectivity index (χ3n) is 3.64. The lowest BCUT2D eigenvalue weighted by atomic mass is 10.1. The van der Waals surface area contributed by atoms with Crippen molar-refractivity contribution in [2.24, 2.45) is 5.92 Å². The van der Waals surface area contributed by atoms with Crippen LogP contribution in [-0.4, -0.2) is 23.0 Å². The van der Waals surface area contributed by atoms with E-state index in [1.54, 1.807) is 0 Å². The number of halogens is 4. The second-order valence-electron chi connectivity index (χ2n) is 5.56. The number of rotatable bonds is 6. The molecule has 0 aliphatic heterocycles. The van der Waals surface area contributed by atoms with Gasteiger partial charge >= 0.3 is 12.1 Å². The van der Waals surface area contributed by atoms with Gasteiger partial charge in [0.05, 0.1) is 5.56 Å². The molecule has 4 nitrogen and oxygen atoms in total. The van der Waals surface area contributed by atoms with Crippen LogP contribution in [0, 0.1) is 5.92 Å². The average Bonchev–Trinajstić information content (AvgIpc) is 3.28. The van der Waals surface area contributed by atoms with E-state index in [-0.39, 0.29) is 17.9 Å². The van der Waals surface area contributed by atoms with Crippen LogP contribution >= 0.6 is 0 Å². The summed E-state index contributed by atoms with van der Waals surface area (Å²) in [6, 6.07) is 1.89. The van der Waals surface area contributed by atoms with Gasteiger partial charge in [0.25, 0.3) is 5.91 Å². The monoisotopic (exact) mass is 333 g/mol. The number of alkyl halides is 4. The van der Waals surface area contributed by atoms with Gasteiger partial charge in [0.15, 0.2) is 0 Å². The lowest BCUT2D eigenvalue weighted by molar-refractivity contribution is -0.143. The van der Waals surface area contributed by atoms with Crippen molar-refractivity contribution in [2.45, 2.75) is 37.7 Å². The largest absolute Gasteiger partial charge is 0.480 e. The highest BCUT2D eigenvalue weighted by molar-refractivity contribution is 5.87. The van der Waals surface area contributed by atoms with E-state index < -0.39 is 35.8 Å². The third kappa shape index (κ3) is 4.67. The topological polar surface area (TPSA) is 66.4 Å². The molecule has 0 saturated heterocycles. The fourth-order valence-corrected chi connectivity index (χ4v) is 2.15. The minimum absolute atomic E-state index is 0.209. The van der Waals surface area contributed by atoms with E-state index in [0.29, 0.717) is 12.1 Å². The first-order chi connectivity index (χ1) is 10.7. The minimum atomic E-state index is -4.55. The Morgan fingerprint density at radius 1 is 1.22 bits per heavy atom. The van der Waals surface area contributed by atoms with Crippen molar-refractivity contribution in [1.29, 1.82) is 0 Å². The third-order valence-corrected chi connectivity index (χ3v) is 3.64. The van der Waals surface area contributed by atoms with E-state index in [4.69, 9.17) is 5.11 Å². The molecule has 2 rings (SSSR count). The zero-order valence-electron chi connectivity index (χ0n) is 11.9. The van der Waals surface area contributed by atoms with Crippen LogP contribution in [-0.2, 0) is 15.8 Å². The van der Waals surface area contributed by atoms with Crippen molar-refractivity contribution in [3.63, 3.8) is 0 Å². The second-order valence-corrected chi connectivity index (χ2v) is 5.56. The molecule has 1 aromatic carbocycles. The van der Waals surface area contributed by atoms with E-state index in [2.05, 4.69) is 5.32 Å². The number of nitrogens with one attached hydrogen (secondary N) is 1. The van der Waals surface area contributed by atoms with E-state index in [1.807, 2.05) is 0 Å². The number of benzene rings is 1. The van der Waals surface area contributed by atoms with Gasteiger partial charge in [0, 0.05) is 0 Å². The minimum Gasteiger partial charge on any atom is -0.480 e. The summed E-state index contributed by atoms with van der Waals surface area (Å²) in [6.45, 7) is 0. The summed E-state index contributed by atoms with van der Waals surface area (Å²) in [5.74, 6) is -2.22. The highest BCUT2D eigenvalue weighted by atomic mass is 19.4. The number of hydrogen-bond donors (Lipinski definition) is 2. The van der Waals surface area contributed by atoms with E-state index in [1.165, 1.54) is 0 Å². The SMILES string of the molecule is O=C(O)C(CC1CC1)NC(=O)C(F)c1ccc(C(F)(F)F)cc1. The Labute approximate surface area is 129 Å². The van der Waals surface area contributed by atoms with Gasteiger partial charge in [0.1, 0.15) is 6.04 Å². The highest BCUT2D eigenvalue weighted by Crippen LogP contribution is 2.34. The van der Waals surface area contributed by atoms with E-state index in [9.17, 15) is 27.2 Å². The van der Waals surface area contributed by atoms with E-state index in [0.717, 1.165) is 25.0 Å². The molecule has 126 valence electrons. The number of carbonyl (C=O) groups excluding carboxylic acids is 1. The lowest BCUT2D eigenvalue weighted by Gasteiger charge is -2.16. The normalized spacial score (nSPS) is 17.4. The Balaban J connectivity index is 2.01. The predicted octanol–water partition coefficient (Wildman–Crippen LogP) is 3.09. The summed E-state index contributed by atoms with van der Waals surface area (Å²) in [5.41, 5.74) is -1.21. The van der Waals surface area contributed by atoms with Gasteiger partial charge in [-0.3, -0.25) is 4.79 Å². The Hall–Kier alpha value is -2.12. The number of carbonyl (C=O) groups is 2. The van der Waals surface area contributed by atoms with Crippen molar-refractivity contribution in [3.05, 3.63) is 35.4 Å². The highest BCUT2D eigenvalue weighted by Gasteiger charge is 2.33. The number of carboxylic acids is 1. The number of carboxylic acid groups (broad SMARTS) is 1. The van der Waals surface area contributed by atoms with Gasteiger partial charge in [-0.15, -0.1) is 0 Å². The van der Waals surface area contributed by atoms with Crippen LogP contribution in [0.1, 0.15) is 36.6 Å². The summed E-state index contributed by atoms with van der Waals surface area (Å²) in [6.07, 6.45) is -4.81. The predicted molar refractivity (Wildman–Crippen MR) is 72.2 cm³/mol. The van der Waals surface area contributed by atoms with Crippen LogP contribution in [0.25, 0.3) is 0 Å². The van der Waals surface area contributed by atoms with Crippen LogP contribution < -0.4 is 5.32 Å². The summed E-state index contributed by atoms with van der Waals surface area (Å²) < 4.78 is 51.3. The molecule has 1 aromatic rings. The molecule has 1 saturated carbocycles. The fourth-order valence-electron chi connectivity index (χ4n) is 2.15. The van der Waals surface area contributed by atoms with Gasteiger partial charge in [-0.05, 0) is 30.0 Å². The molecule has 0 heterocycles. The molecule has 1 amide bonds. The smallest absolute Gasteiger partial charge is 0.416 e. The van der Waals surface area contributed by atoms with Gasteiger partial charge < -0.3 is 10.4 Å². The molecule has 1 aliphatic rings. The molecule has 23 heavy (non-hydrogen) atoms. The van der Waals surface area contributed by atoms with Gasteiger partial charge in [-0.25, -0.2) is 9.18 Å². The fraction of sp³-hybridized carbons (Fsp3) is 0.467. The Morgan fingerprint density at radius 2 is 1.78 bits per heavy atom. The molecule has 1 aliphatic carbocycles. The average molecular weight is 333 g/mol. The summed E-state index contributed by atoms with van der Waals surface area (Å²) in [7, 11) is 0. The molecule has 2 atom stereocenters. The molecular formula is C15H15F4NO3. The van der Waals surface area contributed by atoms with E-state index >= 15 is 0 Å². The molecule has 2 unspecified atom stereocenters. The van der Waals surface area contributed by atoms with Crippen molar-refractivity contribution in [1.82, 2.24) is 5.32 Å². The molecule has 0 bridgehead atoms. The number of hydrogen-bond acceptors (Lipinski definition) is 2. The van der Waals surface area contributed by atoms with Crippen LogP contribution in [0.5, 0.6) is 0 Å². The molecule has 0 radical (unpaired) electrons. The first-order valence-electron chi connectivity index (χ1n) is 7.03. The van der Waals surface area contributed by atoms with Gasteiger partial charge in [0.2, 0.25) is 6.17 Å². The van der Waals surface area contributed by atoms with Crippen LogP contribution in [0.3, 0.4) is 0 Å². The molecule has 2 N–H and O–H groups in total. The first-order valence-corrected chi connectivity index (χ1v) is 7.03. The Morgan fingerprint density at radius 3 is 2.22 bits per heavy atom. The summed E-state index contributed by atoms with van der Waals surface area (Å²) in [4.78, 5) is 22.8. The lowest BCUT2D eigenvalue weighted by Crippen LogP contribution is -2.42. The zero-order valence-corrected chi connectivity index (χ0v) is 11.9. The number of amides is 1. The zero-order chi connectivity index (χ0) is 17.2.